The minimum absolute atomic E-state index is 0.408. The zero-order valence-electron chi connectivity index (χ0n) is 14.3. The molecule has 0 amide bonds. The summed E-state index contributed by atoms with van der Waals surface area (Å²) in [6.45, 7) is 1.86. The fraction of sp³-hybridized carbons (Fsp3) is 0.143. The number of hydrogen-bond donors (Lipinski definition) is 0. The number of rotatable bonds is 2. The van der Waals surface area contributed by atoms with Gasteiger partial charge in [0.2, 0.25) is 0 Å². The van der Waals surface area contributed by atoms with Gasteiger partial charge in [0.25, 0.3) is 0 Å². The van der Waals surface area contributed by atoms with Crippen molar-refractivity contribution in [2.75, 3.05) is 14.2 Å². The standard InChI is InChI=1S/C21H18O4/c1-13-15-9-6-7-11-17(15)18(20(22)24-2)12-14-8-4-5-10-16(14)19(13)21(23)25-3/h4-12H,1-3H3/b14-12?,15-13?,18-12+,18-17?,19-13+,19-16?. The molecule has 0 saturated heterocycles. The Morgan fingerprint density at radius 2 is 1.32 bits per heavy atom. The third-order valence-corrected chi connectivity index (χ3v) is 4.32. The Kier molecular flexibility index (Phi) is 4.52. The van der Waals surface area contributed by atoms with Crippen molar-refractivity contribution in [2.24, 2.45) is 0 Å². The Morgan fingerprint density at radius 1 is 0.760 bits per heavy atom. The highest BCUT2D eigenvalue weighted by Crippen LogP contribution is 2.37. The van der Waals surface area contributed by atoms with Crippen LogP contribution in [0.2, 0.25) is 0 Å². The maximum absolute atomic E-state index is 12.5. The minimum atomic E-state index is -0.420. The van der Waals surface area contributed by atoms with E-state index in [1.807, 2.05) is 55.5 Å². The molecule has 2 aromatic carbocycles. The minimum Gasteiger partial charge on any atom is -0.465 e. The van der Waals surface area contributed by atoms with E-state index < -0.39 is 11.9 Å². The van der Waals surface area contributed by atoms with Gasteiger partial charge in [-0.05, 0) is 40.8 Å². The van der Waals surface area contributed by atoms with Gasteiger partial charge in [-0.15, -0.1) is 0 Å². The highest BCUT2D eigenvalue weighted by molar-refractivity contribution is 6.29. The van der Waals surface area contributed by atoms with Crippen LogP contribution in [0.3, 0.4) is 0 Å². The molecule has 3 rings (SSSR count). The second kappa shape index (κ2) is 6.77. The molecular formula is C21H18O4. The number of ether oxygens (including phenoxy) is 2. The zero-order chi connectivity index (χ0) is 18.0. The van der Waals surface area contributed by atoms with Crippen molar-refractivity contribution >= 4 is 34.7 Å². The molecule has 2 aromatic rings. The fourth-order valence-electron chi connectivity index (χ4n) is 3.11. The van der Waals surface area contributed by atoms with Crippen molar-refractivity contribution in [2.45, 2.75) is 6.92 Å². The van der Waals surface area contributed by atoms with Crippen LogP contribution in [0.4, 0.5) is 0 Å². The van der Waals surface area contributed by atoms with Crippen molar-refractivity contribution < 1.29 is 19.1 Å². The van der Waals surface area contributed by atoms with Crippen LogP contribution in [0.1, 0.15) is 29.2 Å². The van der Waals surface area contributed by atoms with Gasteiger partial charge in [-0.3, -0.25) is 0 Å². The monoisotopic (exact) mass is 334 g/mol. The Bertz CT molecular complexity index is 919. The maximum Gasteiger partial charge on any atom is 0.338 e. The molecule has 0 aliphatic heterocycles. The molecule has 126 valence electrons. The van der Waals surface area contributed by atoms with Crippen LogP contribution >= 0.6 is 0 Å². The van der Waals surface area contributed by atoms with Gasteiger partial charge in [0.1, 0.15) is 0 Å². The number of hydrogen-bond acceptors (Lipinski definition) is 4. The van der Waals surface area contributed by atoms with E-state index in [4.69, 9.17) is 9.47 Å². The highest BCUT2D eigenvalue weighted by atomic mass is 16.5. The summed E-state index contributed by atoms with van der Waals surface area (Å²) in [5.74, 6) is -0.828. The lowest BCUT2D eigenvalue weighted by Crippen LogP contribution is -2.12. The van der Waals surface area contributed by atoms with E-state index in [0.717, 1.165) is 27.8 Å². The Hall–Kier alpha value is -3.14. The summed E-state index contributed by atoms with van der Waals surface area (Å²) >= 11 is 0. The Labute approximate surface area is 146 Å². The molecule has 0 bridgehead atoms. The van der Waals surface area contributed by atoms with Crippen LogP contribution < -0.4 is 0 Å². The van der Waals surface area contributed by atoms with Crippen LogP contribution in [-0.2, 0) is 19.1 Å². The lowest BCUT2D eigenvalue weighted by Gasteiger charge is -2.20. The summed E-state index contributed by atoms with van der Waals surface area (Å²) in [6, 6.07) is 14.9. The van der Waals surface area contributed by atoms with E-state index in [1.54, 1.807) is 6.08 Å². The van der Waals surface area contributed by atoms with Crippen molar-refractivity contribution in [3.8, 4) is 0 Å². The van der Waals surface area contributed by atoms with Gasteiger partial charge in [-0.1, -0.05) is 48.5 Å². The second-order valence-corrected chi connectivity index (χ2v) is 5.67. The predicted molar refractivity (Wildman–Crippen MR) is 97.3 cm³/mol. The van der Waals surface area contributed by atoms with Crippen LogP contribution in [0.15, 0.2) is 48.5 Å². The summed E-state index contributed by atoms with van der Waals surface area (Å²) in [7, 11) is 2.73. The average molecular weight is 334 g/mol. The van der Waals surface area contributed by atoms with Crippen LogP contribution in [0.5, 0.6) is 0 Å². The maximum atomic E-state index is 12.5. The Morgan fingerprint density at radius 3 is 1.96 bits per heavy atom. The summed E-state index contributed by atoms with van der Waals surface area (Å²) in [4.78, 5) is 24.9. The van der Waals surface area contributed by atoms with Crippen molar-refractivity contribution in [1.29, 1.82) is 0 Å². The predicted octanol–water partition coefficient (Wildman–Crippen LogP) is 3.82. The van der Waals surface area contributed by atoms with Crippen molar-refractivity contribution in [1.82, 2.24) is 0 Å². The molecule has 4 nitrogen and oxygen atoms in total. The van der Waals surface area contributed by atoms with Gasteiger partial charge in [0, 0.05) is 0 Å². The molecule has 0 atom stereocenters. The molecule has 0 radical (unpaired) electrons. The molecule has 0 unspecified atom stereocenters. The zero-order valence-corrected chi connectivity index (χ0v) is 14.3. The van der Waals surface area contributed by atoms with Gasteiger partial charge in [0.05, 0.1) is 25.4 Å². The third kappa shape index (κ3) is 2.87. The number of benzene rings is 2. The van der Waals surface area contributed by atoms with E-state index in [0.29, 0.717) is 11.1 Å². The number of methoxy groups -OCH3 is 2. The molecule has 4 heteroatoms. The number of carbonyl (C=O) groups excluding carboxylic acids is 2. The Balaban J connectivity index is 2.42. The summed E-state index contributed by atoms with van der Waals surface area (Å²) in [5.41, 5.74) is 4.71. The van der Waals surface area contributed by atoms with E-state index in [-0.39, 0.29) is 0 Å². The van der Waals surface area contributed by atoms with E-state index in [9.17, 15) is 9.59 Å². The molecule has 0 spiro atoms. The molecule has 0 fully saturated rings. The first kappa shape index (κ1) is 16.7. The van der Waals surface area contributed by atoms with Crippen molar-refractivity contribution in [3.63, 3.8) is 0 Å². The number of carbonyl (C=O) groups is 2. The van der Waals surface area contributed by atoms with E-state index in [1.165, 1.54) is 14.2 Å². The second-order valence-electron chi connectivity index (χ2n) is 5.67. The first-order valence-electron chi connectivity index (χ1n) is 7.87. The molecule has 0 aromatic heterocycles. The topological polar surface area (TPSA) is 52.6 Å². The molecule has 0 heterocycles. The van der Waals surface area contributed by atoms with Gasteiger partial charge in [-0.2, -0.15) is 0 Å². The lowest BCUT2D eigenvalue weighted by molar-refractivity contribution is -0.134. The molecule has 0 N–H and O–H groups in total. The number of esters is 2. The third-order valence-electron chi connectivity index (χ3n) is 4.32. The van der Waals surface area contributed by atoms with Gasteiger partial charge in [-0.25, -0.2) is 9.59 Å². The quantitative estimate of drug-likeness (QED) is 0.784. The summed E-state index contributed by atoms with van der Waals surface area (Å²) < 4.78 is 9.99. The normalized spacial score (nSPS) is 18.0. The number of fused-ring (bicyclic) bond motifs is 2. The van der Waals surface area contributed by atoms with Crippen LogP contribution in [0, 0.1) is 0 Å². The van der Waals surface area contributed by atoms with E-state index in [2.05, 4.69) is 0 Å². The average Bonchev–Trinajstić information content (AvgIpc) is 2.65. The van der Waals surface area contributed by atoms with Crippen LogP contribution in [0.25, 0.3) is 22.8 Å². The first-order valence-corrected chi connectivity index (χ1v) is 7.87. The van der Waals surface area contributed by atoms with Crippen LogP contribution in [-0.4, -0.2) is 26.2 Å². The molecule has 25 heavy (non-hydrogen) atoms. The molecule has 1 aliphatic carbocycles. The number of allylic oxidation sites excluding steroid dienone is 1. The molecule has 1 aliphatic rings. The first-order chi connectivity index (χ1) is 12.1. The molecule has 0 saturated carbocycles. The SMILES string of the molecule is COC(=O)/C1=C/c2ccccc2/C(C(=O)OC)=C(/C)c2ccccc21. The smallest absolute Gasteiger partial charge is 0.338 e. The van der Waals surface area contributed by atoms with Gasteiger partial charge in [0.15, 0.2) is 0 Å². The highest BCUT2D eigenvalue weighted by Gasteiger charge is 2.25. The van der Waals surface area contributed by atoms with E-state index >= 15 is 0 Å². The summed E-state index contributed by atoms with van der Waals surface area (Å²) in [6.07, 6.45) is 1.76. The fourth-order valence-corrected chi connectivity index (χ4v) is 3.11. The van der Waals surface area contributed by atoms with Gasteiger partial charge < -0.3 is 9.47 Å². The molecular weight excluding hydrogens is 316 g/mol. The summed E-state index contributed by atoms with van der Waals surface area (Å²) in [5, 5.41) is 0. The lowest BCUT2D eigenvalue weighted by atomic mass is 9.85. The largest absolute Gasteiger partial charge is 0.465 e. The van der Waals surface area contributed by atoms with Crippen molar-refractivity contribution in [3.05, 3.63) is 70.8 Å². The van der Waals surface area contributed by atoms with Gasteiger partial charge >= 0.3 is 11.9 Å².